The molecule has 0 saturated carbocycles. The lowest BCUT2D eigenvalue weighted by Crippen LogP contribution is -2.49. The molecule has 3 aromatic rings. The number of halogens is 3. The minimum atomic E-state index is -4.45. The summed E-state index contributed by atoms with van der Waals surface area (Å²) in [6, 6.07) is 22.6. The van der Waals surface area contributed by atoms with E-state index in [1.807, 2.05) is 32.2 Å². The number of aliphatic hydroxyl groups excluding tert-OH is 1. The first kappa shape index (κ1) is 32.0. The number of carbonyl (C=O) groups is 2. The van der Waals surface area contributed by atoms with E-state index in [9.17, 15) is 27.9 Å². The highest BCUT2D eigenvalue weighted by molar-refractivity contribution is 5.99. The average molecular weight is 598 g/mol. The molecule has 10 heteroatoms. The molecular formula is C33H38F3N3O4. The van der Waals surface area contributed by atoms with Gasteiger partial charge in [-0.1, -0.05) is 61.5 Å². The topological polar surface area (TPSA) is 82.1 Å². The number of alkyl halides is 3. The third kappa shape index (κ3) is 8.81. The van der Waals surface area contributed by atoms with Crippen molar-refractivity contribution in [3.63, 3.8) is 0 Å². The number of nitrogens with zero attached hydrogens (tertiary/aromatic N) is 2. The summed E-state index contributed by atoms with van der Waals surface area (Å²) in [5.74, 6) is -0.969. The number of rotatable bonds is 10. The molecule has 1 heterocycles. The number of anilines is 1. The summed E-state index contributed by atoms with van der Waals surface area (Å²) in [6.07, 6.45) is -6.73. The van der Waals surface area contributed by atoms with Crippen LogP contribution in [0.4, 0.5) is 18.9 Å². The smallest absolute Gasteiger partial charge is 0.389 e. The zero-order valence-electron chi connectivity index (χ0n) is 24.6. The van der Waals surface area contributed by atoms with Gasteiger partial charge in [0.25, 0.3) is 5.91 Å². The third-order valence-corrected chi connectivity index (χ3v) is 7.59. The Bertz CT molecular complexity index is 1380. The van der Waals surface area contributed by atoms with E-state index in [0.717, 1.165) is 16.7 Å². The lowest BCUT2D eigenvalue weighted by Gasteiger charge is -2.38. The van der Waals surface area contributed by atoms with E-state index >= 15 is 0 Å². The second-order valence-electron chi connectivity index (χ2n) is 11.3. The largest absolute Gasteiger partial charge is 0.488 e. The number of amides is 2. The number of nitrogens with one attached hydrogen (secondary N) is 1. The summed E-state index contributed by atoms with van der Waals surface area (Å²) < 4.78 is 44.1. The van der Waals surface area contributed by atoms with Gasteiger partial charge in [0.2, 0.25) is 5.91 Å². The highest BCUT2D eigenvalue weighted by Crippen LogP contribution is 2.31. The molecule has 230 valence electrons. The fraction of sp³-hybridized carbons (Fsp3) is 0.394. The molecule has 0 unspecified atom stereocenters. The highest BCUT2D eigenvalue weighted by Gasteiger charge is 2.34. The predicted octanol–water partition coefficient (Wildman–Crippen LogP) is 5.99. The van der Waals surface area contributed by atoms with Crippen LogP contribution in [0, 0.1) is 5.92 Å². The van der Waals surface area contributed by atoms with Gasteiger partial charge in [-0.25, -0.2) is 0 Å². The molecule has 0 spiro atoms. The molecule has 1 aliphatic heterocycles. The maximum Gasteiger partial charge on any atom is 0.389 e. The molecule has 2 N–H and O–H groups in total. The van der Waals surface area contributed by atoms with E-state index in [0.29, 0.717) is 25.4 Å². The molecule has 1 aliphatic rings. The van der Waals surface area contributed by atoms with Crippen LogP contribution < -0.4 is 10.1 Å². The zero-order chi connectivity index (χ0) is 31.1. The molecule has 4 rings (SSSR count). The van der Waals surface area contributed by atoms with Crippen molar-refractivity contribution in [2.75, 3.05) is 32.1 Å². The van der Waals surface area contributed by atoms with Gasteiger partial charge in [-0.3, -0.25) is 14.5 Å². The van der Waals surface area contributed by atoms with E-state index in [1.54, 1.807) is 17.9 Å². The quantitative estimate of drug-likeness (QED) is 0.300. The number of carbonyl (C=O) groups excluding carboxylic acids is 2. The molecule has 0 aromatic heterocycles. The number of benzene rings is 3. The molecule has 0 fully saturated rings. The summed E-state index contributed by atoms with van der Waals surface area (Å²) in [7, 11) is 2.00. The first-order valence-electron chi connectivity index (χ1n) is 14.4. The Kier molecular flexibility index (Phi) is 10.5. The van der Waals surface area contributed by atoms with Crippen molar-refractivity contribution >= 4 is 17.5 Å². The molecule has 43 heavy (non-hydrogen) atoms. The van der Waals surface area contributed by atoms with Crippen LogP contribution in [0.15, 0.2) is 72.8 Å². The lowest BCUT2D eigenvalue weighted by atomic mass is 9.99. The standard InChI is InChI=1S/C33H38F3N3O4/c1-22-18-39(23(2)21-40)32(42)28-17-27(37-31(41)15-16-33(34,35)36)13-14-29(28)43-30(22)20-38(3)19-24-9-11-26(12-10-24)25-7-5-4-6-8-25/h4-14,17,22-23,30,40H,15-16,18-21H2,1-3H3,(H,37,41)/t22-,23+,30-/m0/s1. The molecule has 0 aliphatic carbocycles. The van der Waals surface area contributed by atoms with Crippen molar-refractivity contribution in [2.45, 2.75) is 51.6 Å². The van der Waals surface area contributed by atoms with Gasteiger partial charge in [0.15, 0.2) is 0 Å². The maximum absolute atomic E-state index is 13.6. The Balaban J connectivity index is 1.51. The second-order valence-corrected chi connectivity index (χ2v) is 11.3. The van der Waals surface area contributed by atoms with Crippen LogP contribution in [0.25, 0.3) is 11.1 Å². The van der Waals surface area contributed by atoms with Crippen LogP contribution in [0.1, 0.15) is 42.6 Å². The van der Waals surface area contributed by atoms with Crippen LogP contribution in [-0.2, 0) is 11.3 Å². The molecule has 0 radical (unpaired) electrons. The van der Waals surface area contributed by atoms with Gasteiger partial charge in [0, 0.05) is 37.7 Å². The van der Waals surface area contributed by atoms with Crippen molar-refractivity contribution in [3.05, 3.63) is 83.9 Å². The van der Waals surface area contributed by atoms with Crippen molar-refractivity contribution < 1.29 is 32.6 Å². The van der Waals surface area contributed by atoms with E-state index in [1.165, 1.54) is 12.1 Å². The number of ether oxygens (including phenoxy) is 1. The molecule has 3 aromatic carbocycles. The molecule has 0 bridgehead atoms. The van der Waals surface area contributed by atoms with Crippen LogP contribution in [0.2, 0.25) is 0 Å². The zero-order valence-corrected chi connectivity index (χ0v) is 24.6. The van der Waals surface area contributed by atoms with E-state index in [-0.39, 0.29) is 35.8 Å². The van der Waals surface area contributed by atoms with Crippen LogP contribution >= 0.6 is 0 Å². The molecule has 7 nitrogen and oxygen atoms in total. The Labute approximate surface area is 250 Å². The van der Waals surface area contributed by atoms with Crippen molar-refractivity contribution in [1.29, 1.82) is 0 Å². The average Bonchev–Trinajstić information content (AvgIpc) is 2.98. The van der Waals surface area contributed by atoms with Crippen LogP contribution in [0.5, 0.6) is 5.75 Å². The number of aliphatic hydroxyl groups is 1. The molecule has 2 amide bonds. The summed E-state index contributed by atoms with van der Waals surface area (Å²) in [4.78, 5) is 29.5. The maximum atomic E-state index is 13.6. The van der Waals surface area contributed by atoms with Gasteiger partial charge in [-0.05, 0) is 48.9 Å². The second kappa shape index (κ2) is 14.1. The number of likely N-dealkylation sites (N-methyl/N-ethyl adjacent to an activating group) is 1. The van der Waals surface area contributed by atoms with Crippen LogP contribution in [-0.4, -0.2) is 71.8 Å². The fourth-order valence-electron chi connectivity index (χ4n) is 5.11. The lowest BCUT2D eigenvalue weighted by molar-refractivity contribution is -0.142. The Hall–Kier alpha value is -3.89. The Morgan fingerprint density at radius 3 is 2.42 bits per heavy atom. The number of hydrogen-bond donors (Lipinski definition) is 2. The summed E-state index contributed by atoms with van der Waals surface area (Å²) >= 11 is 0. The molecular weight excluding hydrogens is 559 g/mol. The van der Waals surface area contributed by atoms with Gasteiger partial charge < -0.3 is 20.1 Å². The van der Waals surface area contributed by atoms with Crippen LogP contribution in [0.3, 0.4) is 0 Å². The minimum Gasteiger partial charge on any atom is -0.488 e. The van der Waals surface area contributed by atoms with Gasteiger partial charge in [0.1, 0.15) is 11.9 Å². The van der Waals surface area contributed by atoms with Gasteiger partial charge in [0.05, 0.1) is 24.6 Å². The van der Waals surface area contributed by atoms with Crippen molar-refractivity contribution in [3.8, 4) is 16.9 Å². The predicted molar refractivity (Wildman–Crippen MR) is 160 cm³/mol. The summed E-state index contributed by atoms with van der Waals surface area (Å²) in [5, 5.41) is 12.3. The summed E-state index contributed by atoms with van der Waals surface area (Å²) in [5.41, 5.74) is 3.79. The number of fused-ring (bicyclic) bond motifs is 1. The third-order valence-electron chi connectivity index (χ3n) is 7.59. The Morgan fingerprint density at radius 1 is 1.09 bits per heavy atom. The van der Waals surface area contributed by atoms with E-state index in [2.05, 4.69) is 46.6 Å². The monoisotopic (exact) mass is 597 g/mol. The Morgan fingerprint density at radius 2 is 1.77 bits per heavy atom. The number of hydrogen-bond acceptors (Lipinski definition) is 5. The van der Waals surface area contributed by atoms with Gasteiger partial charge in [-0.15, -0.1) is 0 Å². The minimum absolute atomic E-state index is 0.0873. The van der Waals surface area contributed by atoms with E-state index < -0.39 is 31.0 Å². The SMILES string of the molecule is C[C@H](CO)N1C[C@H](C)[C@H](CN(C)Cc2ccc(-c3ccccc3)cc2)Oc2ccc(NC(=O)CCC(F)(F)F)cc2C1=O. The first-order valence-corrected chi connectivity index (χ1v) is 14.4. The van der Waals surface area contributed by atoms with Gasteiger partial charge >= 0.3 is 6.18 Å². The first-order chi connectivity index (χ1) is 20.4. The van der Waals surface area contributed by atoms with Crippen molar-refractivity contribution in [1.82, 2.24) is 9.80 Å². The van der Waals surface area contributed by atoms with Crippen molar-refractivity contribution in [2.24, 2.45) is 5.92 Å². The molecule has 0 saturated heterocycles. The van der Waals surface area contributed by atoms with E-state index in [4.69, 9.17) is 4.74 Å². The molecule has 3 atom stereocenters. The van der Waals surface area contributed by atoms with Gasteiger partial charge in [-0.2, -0.15) is 13.2 Å². The summed E-state index contributed by atoms with van der Waals surface area (Å²) in [6.45, 7) is 5.05. The highest BCUT2D eigenvalue weighted by atomic mass is 19.4. The normalized spacial score (nSPS) is 18.0. The fourth-order valence-corrected chi connectivity index (χ4v) is 5.11.